The smallest absolute Gasteiger partial charge is 0.360 e. The van der Waals surface area contributed by atoms with Gasteiger partial charge in [0, 0.05) is 6.07 Å². The number of pyridine rings is 1. The van der Waals surface area contributed by atoms with Crippen LogP contribution >= 0.6 is 11.3 Å². The maximum Gasteiger partial charge on any atom is 0.360 e. The van der Waals surface area contributed by atoms with Crippen molar-refractivity contribution < 1.29 is 13.9 Å². The number of anilines is 2. The molecule has 1 N–H and O–H groups in total. The zero-order valence-corrected chi connectivity index (χ0v) is 10.3. The number of thiazole rings is 1. The van der Waals surface area contributed by atoms with Gasteiger partial charge in [-0.3, -0.25) is 4.98 Å². The molecule has 94 valence electrons. The fraction of sp³-hybridized carbons (Fsp3) is 0.182. The predicted octanol–water partition coefficient (Wildman–Crippen LogP) is 2.60. The van der Waals surface area contributed by atoms with Gasteiger partial charge in [-0.15, -0.1) is 11.3 Å². The molecule has 2 aromatic rings. The number of rotatable bonds is 4. The van der Waals surface area contributed by atoms with Gasteiger partial charge in [0.15, 0.2) is 5.69 Å². The van der Waals surface area contributed by atoms with E-state index in [2.05, 4.69) is 15.3 Å². The third-order valence-electron chi connectivity index (χ3n) is 2.00. The maximum atomic E-state index is 13.0. The van der Waals surface area contributed by atoms with Gasteiger partial charge in [-0.25, -0.2) is 14.2 Å². The number of nitrogens with one attached hydrogen (secondary N) is 1. The molecule has 2 rings (SSSR count). The third-order valence-corrected chi connectivity index (χ3v) is 2.74. The van der Waals surface area contributed by atoms with Crippen molar-refractivity contribution in [2.75, 3.05) is 11.9 Å². The lowest BCUT2D eigenvalue weighted by atomic mass is 10.4. The second-order valence-electron chi connectivity index (χ2n) is 3.27. The molecule has 0 aliphatic rings. The molecule has 2 heterocycles. The number of carbonyl (C=O) groups is 1. The van der Waals surface area contributed by atoms with E-state index in [0.29, 0.717) is 10.7 Å². The van der Waals surface area contributed by atoms with E-state index in [4.69, 9.17) is 4.74 Å². The Morgan fingerprint density at radius 1 is 1.56 bits per heavy atom. The van der Waals surface area contributed by atoms with E-state index in [1.807, 2.05) is 0 Å². The van der Waals surface area contributed by atoms with Crippen LogP contribution in [0.5, 0.6) is 0 Å². The second-order valence-corrected chi connectivity index (χ2v) is 4.12. The summed E-state index contributed by atoms with van der Waals surface area (Å²) in [6.45, 7) is 1.99. The molecule has 5 nitrogen and oxygen atoms in total. The molecule has 7 heteroatoms. The first kappa shape index (κ1) is 12.4. The first-order valence-corrected chi connectivity index (χ1v) is 6.07. The molecule has 0 saturated heterocycles. The Labute approximate surface area is 107 Å². The summed E-state index contributed by atoms with van der Waals surface area (Å²) in [4.78, 5) is 19.2. The van der Waals surface area contributed by atoms with Gasteiger partial charge < -0.3 is 10.1 Å². The van der Waals surface area contributed by atoms with Crippen LogP contribution in [0.3, 0.4) is 0 Å². The van der Waals surface area contributed by atoms with E-state index in [-0.39, 0.29) is 12.3 Å². The summed E-state index contributed by atoms with van der Waals surface area (Å²) in [6, 6.07) is 1.28. The molecule has 0 aliphatic carbocycles. The average Bonchev–Trinajstić information content (AvgIpc) is 2.77. The zero-order valence-electron chi connectivity index (χ0n) is 9.51. The van der Waals surface area contributed by atoms with E-state index in [1.54, 1.807) is 6.92 Å². The number of aromatic nitrogens is 2. The summed E-state index contributed by atoms with van der Waals surface area (Å²) in [6.07, 6.45) is 2.56. The van der Waals surface area contributed by atoms with Crippen LogP contribution < -0.4 is 5.32 Å². The number of hydrogen-bond acceptors (Lipinski definition) is 6. The van der Waals surface area contributed by atoms with Gasteiger partial charge in [-0.2, -0.15) is 0 Å². The fourth-order valence-corrected chi connectivity index (χ4v) is 1.98. The highest BCUT2D eigenvalue weighted by Gasteiger charge is 2.16. The van der Waals surface area contributed by atoms with Crippen molar-refractivity contribution in [2.24, 2.45) is 0 Å². The summed E-state index contributed by atoms with van der Waals surface area (Å²) in [5.74, 6) is -0.965. The number of esters is 1. The van der Waals surface area contributed by atoms with Gasteiger partial charge in [0.1, 0.15) is 10.8 Å². The molecule has 0 saturated carbocycles. The Bertz CT molecular complexity index is 559. The highest BCUT2D eigenvalue weighted by Crippen LogP contribution is 2.25. The highest BCUT2D eigenvalue weighted by atomic mass is 32.1. The largest absolute Gasteiger partial charge is 0.461 e. The second kappa shape index (κ2) is 5.54. The van der Waals surface area contributed by atoms with E-state index >= 15 is 0 Å². The molecular weight excluding hydrogens is 257 g/mol. The number of halogens is 1. The van der Waals surface area contributed by atoms with E-state index in [1.165, 1.54) is 29.1 Å². The minimum Gasteiger partial charge on any atom is -0.461 e. The number of nitrogens with zero attached hydrogens (tertiary/aromatic N) is 2. The molecule has 0 aromatic carbocycles. The molecule has 0 amide bonds. The predicted molar refractivity (Wildman–Crippen MR) is 65.5 cm³/mol. The minimum absolute atomic E-state index is 0.186. The van der Waals surface area contributed by atoms with Crippen molar-refractivity contribution in [3.05, 3.63) is 35.5 Å². The molecule has 0 aliphatic heterocycles. The van der Waals surface area contributed by atoms with E-state index in [0.717, 1.165) is 6.20 Å². The standard InChI is InChI=1S/C11H10FN3O2S/c1-2-17-11(16)9-10(18-6-14-9)15-8-3-7(12)4-13-5-8/h3-6,15H,2H2,1H3. The summed E-state index contributed by atoms with van der Waals surface area (Å²) in [7, 11) is 0. The number of carbonyl (C=O) groups excluding carboxylic acids is 1. The molecule has 18 heavy (non-hydrogen) atoms. The van der Waals surface area contributed by atoms with Gasteiger partial charge in [0.25, 0.3) is 0 Å². The summed E-state index contributed by atoms with van der Waals surface area (Å²) in [5.41, 5.74) is 2.15. The van der Waals surface area contributed by atoms with E-state index < -0.39 is 11.8 Å². The maximum absolute atomic E-state index is 13.0. The van der Waals surface area contributed by atoms with Crippen LogP contribution in [0, 0.1) is 5.82 Å². The van der Waals surface area contributed by atoms with E-state index in [9.17, 15) is 9.18 Å². The van der Waals surface area contributed by atoms with Crippen molar-refractivity contribution >= 4 is 28.0 Å². The zero-order chi connectivity index (χ0) is 13.0. The van der Waals surface area contributed by atoms with Crippen molar-refractivity contribution in [1.82, 2.24) is 9.97 Å². The molecule has 0 unspecified atom stereocenters. The lowest BCUT2D eigenvalue weighted by molar-refractivity contribution is 0.0521. The lowest BCUT2D eigenvalue weighted by Gasteiger charge is -2.05. The number of ether oxygens (including phenoxy) is 1. The molecule has 0 spiro atoms. The average molecular weight is 267 g/mol. The first-order chi connectivity index (χ1) is 8.70. The van der Waals surface area contributed by atoms with Gasteiger partial charge in [-0.1, -0.05) is 0 Å². The Balaban J connectivity index is 2.20. The molecular formula is C11H10FN3O2S. The fourth-order valence-electron chi connectivity index (χ4n) is 1.29. The molecule has 0 fully saturated rings. The van der Waals surface area contributed by atoms with Crippen LogP contribution in [-0.4, -0.2) is 22.5 Å². The van der Waals surface area contributed by atoms with Crippen LogP contribution in [0.25, 0.3) is 0 Å². The van der Waals surface area contributed by atoms with Crippen LogP contribution in [0.15, 0.2) is 24.0 Å². The monoisotopic (exact) mass is 267 g/mol. The summed E-state index contributed by atoms with van der Waals surface area (Å²) >= 11 is 1.23. The minimum atomic E-state index is -0.509. The Hall–Kier alpha value is -2.02. The van der Waals surface area contributed by atoms with Crippen LogP contribution in [-0.2, 0) is 4.74 Å². The molecule has 2 aromatic heterocycles. The topological polar surface area (TPSA) is 64.1 Å². The molecule has 0 radical (unpaired) electrons. The summed E-state index contributed by atoms with van der Waals surface area (Å²) < 4.78 is 17.8. The normalized spacial score (nSPS) is 10.1. The Morgan fingerprint density at radius 2 is 2.39 bits per heavy atom. The summed E-state index contributed by atoms with van der Waals surface area (Å²) in [5, 5.41) is 3.39. The van der Waals surface area contributed by atoms with Gasteiger partial charge in [0.05, 0.1) is 30.2 Å². The Morgan fingerprint density at radius 3 is 3.11 bits per heavy atom. The van der Waals surface area contributed by atoms with Gasteiger partial charge >= 0.3 is 5.97 Å². The van der Waals surface area contributed by atoms with Gasteiger partial charge in [-0.05, 0) is 6.92 Å². The molecule has 0 atom stereocenters. The van der Waals surface area contributed by atoms with Crippen molar-refractivity contribution in [3.8, 4) is 0 Å². The number of hydrogen-bond donors (Lipinski definition) is 1. The third kappa shape index (κ3) is 2.80. The quantitative estimate of drug-likeness (QED) is 0.863. The SMILES string of the molecule is CCOC(=O)c1ncsc1Nc1cncc(F)c1. The lowest BCUT2D eigenvalue weighted by Crippen LogP contribution is -2.07. The van der Waals surface area contributed by atoms with Crippen molar-refractivity contribution in [3.63, 3.8) is 0 Å². The Kier molecular flexibility index (Phi) is 3.83. The van der Waals surface area contributed by atoms with Crippen LogP contribution in [0.1, 0.15) is 17.4 Å². The van der Waals surface area contributed by atoms with Gasteiger partial charge in [0.2, 0.25) is 0 Å². The van der Waals surface area contributed by atoms with Crippen molar-refractivity contribution in [1.29, 1.82) is 0 Å². The highest BCUT2D eigenvalue weighted by molar-refractivity contribution is 7.14. The van der Waals surface area contributed by atoms with Crippen LogP contribution in [0.4, 0.5) is 15.1 Å². The van der Waals surface area contributed by atoms with Crippen molar-refractivity contribution in [2.45, 2.75) is 6.92 Å². The molecule has 0 bridgehead atoms. The van der Waals surface area contributed by atoms with Crippen LogP contribution in [0.2, 0.25) is 0 Å². The first-order valence-electron chi connectivity index (χ1n) is 5.19.